The molecule has 5 heteroatoms. The van der Waals surface area contributed by atoms with E-state index in [1.54, 1.807) is 0 Å². The zero-order chi connectivity index (χ0) is 16.8. The number of benzene rings is 1. The molecule has 2 heterocycles. The van der Waals surface area contributed by atoms with Gasteiger partial charge in [-0.05, 0) is 42.5 Å². The number of halogens is 1. The van der Waals surface area contributed by atoms with Gasteiger partial charge in [0.25, 0.3) is 0 Å². The van der Waals surface area contributed by atoms with Gasteiger partial charge in [0.05, 0.1) is 6.42 Å². The van der Waals surface area contributed by atoms with E-state index in [9.17, 15) is 4.79 Å². The van der Waals surface area contributed by atoms with E-state index in [4.69, 9.17) is 11.6 Å². The number of nitrogens with one attached hydrogen (secondary N) is 1. The van der Waals surface area contributed by atoms with Crippen molar-refractivity contribution in [1.82, 2.24) is 10.3 Å². The summed E-state index contributed by atoms with van der Waals surface area (Å²) in [6.45, 7) is 2.79. The van der Waals surface area contributed by atoms with Gasteiger partial charge in [0.1, 0.15) is 0 Å². The molecule has 3 rings (SSSR count). The molecule has 1 aromatic heterocycles. The van der Waals surface area contributed by atoms with Gasteiger partial charge in [-0.3, -0.25) is 9.78 Å². The van der Waals surface area contributed by atoms with Crippen molar-refractivity contribution < 1.29 is 4.79 Å². The van der Waals surface area contributed by atoms with Crippen molar-refractivity contribution in [3.05, 3.63) is 59.4 Å². The molecule has 2 aromatic rings. The third kappa shape index (κ3) is 4.48. The van der Waals surface area contributed by atoms with Gasteiger partial charge in [-0.25, -0.2) is 0 Å². The number of anilines is 1. The van der Waals surface area contributed by atoms with Crippen LogP contribution in [0.2, 0.25) is 5.02 Å². The third-order valence-electron chi connectivity index (χ3n) is 4.54. The minimum Gasteiger partial charge on any atom is -0.371 e. The molecule has 4 nitrogen and oxygen atoms in total. The van der Waals surface area contributed by atoms with Crippen LogP contribution >= 0.6 is 11.6 Å². The smallest absolute Gasteiger partial charge is 0.224 e. The van der Waals surface area contributed by atoms with Gasteiger partial charge in [-0.1, -0.05) is 29.8 Å². The van der Waals surface area contributed by atoms with Crippen molar-refractivity contribution in [3.8, 4) is 0 Å². The van der Waals surface area contributed by atoms with Crippen LogP contribution in [-0.4, -0.2) is 30.5 Å². The van der Waals surface area contributed by atoms with Crippen LogP contribution in [0.5, 0.6) is 0 Å². The van der Waals surface area contributed by atoms with E-state index in [1.165, 1.54) is 5.69 Å². The maximum absolute atomic E-state index is 12.1. The van der Waals surface area contributed by atoms with Crippen LogP contribution in [0.3, 0.4) is 0 Å². The minimum absolute atomic E-state index is 0.0414. The molecular formula is C19H22ClN3O. The zero-order valence-corrected chi connectivity index (χ0v) is 14.4. The summed E-state index contributed by atoms with van der Waals surface area (Å²) >= 11 is 6.10. The second-order valence-electron chi connectivity index (χ2n) is 6.21. The maximum Gasteiger partial charge on any atom is 0.224 e. The van der Waals surface area contributed by atoms with Gasteiger partial charge < -0.3 is 10.2 Å². The fourth-order valence-corrected chi connectivity index (χ4v) is 3.29. The van der Waals surface area contributed by atoms with E-state index >= 15 is 0 Å². The van der Waals surface area contributed by atoms with Crippen molar-refractivity contribution in [1.29, 1.82) is 0 Å². The number of pyridine rings is 1. The highest BCUT2D eigenvalue weighted by Gasteiger charge is 2.20. The van der Waals surface area contributed by atoms with Gasteiger partial charge in [-0.15, -0.1) is 0 Å². The first-order valence-electron chi connectivity index (χ1n) is 8.37. The predicted octanol–water partition coefficient (Wildman–Crippen LogP) is 3.31. The fourth-order valence-electron chi connectivity index (χ4n) is 3.09. The van der Waals surface area contributed by atoms with E-state index in [0.717, 1.165) is 38.0 Å². The van der Waals surface area contributed by atoms with Crippen LogP contribution < -0.4 is 10.2 Å². The number of carbonyl (C=O) groups is 1. The van der Waals surface area contributed by atoms with Crippen LogP contribution in [0, 0.1) is 5.92 Å². The third-order valence-corrected chi connectivity index (χ3v) is 4.91. The quantitative estimate of drug-likeness (QED) is 0.906. The Bertz CT molecular complexity index is 669. The SMILES string of the molecule is O=C(Cc1ccccc1Cl)NCC1CCN(c2ccncc2)CC1. The summed E-state index contributed by atoms with van der Waals surface area (Å²) in [6.07, 6.45) is 6.19. The molecular weight excluding hydrogens is 322 g/mol. The first-order chi connectivity index (χ1) is 11.7. The second kappa shape index (κ2) is 8.15. The lowest BCUT2D eigenvalue weighted by Crippen LogP contribution is -2.39. The van der Waals surface area contributed by atoms with E-state index < -0.39 is 0 Å². The van der Waals surface area contributed by atoms with Crippen LogP contribution in [0.15, 0.2) is 48.8 Å². The number of piperidine rings is 1. The van der Waals surface area contributed by atoms with E-state index in [2.05, 4.69) is 15.2 Å². The lowest BCUT2D eigenvalue weighted by molar-refractivity contribution is -0.120. The van der Waals surface area contributed by atoms with Crippen molar-refractivity contribution in [2.24, 2.45) is 5.92 Å². The molecule has 0 bridgehead atoms. The number of nitrogens with zero attached hydrogens (tertiary/aromatic N) is 2. The Kier molecular flexibility index (Phi) is 5.70. The molecule has 1 aliphatic heterocycles. The molecule has 0 radical (unpaired) electrons. The number of hydrogen-bond acceptors (Lipinski definition) is 3. The summed E-state index contributed by atoms with van der Waals surface area (Å²) in [7, 11) is 0. The molecule has 126 valence electrons. The largest absolute Gasteiger partial charge is 0.371 e. The Morgan fingerprint density at radius 1 is 1.17 bits per heavy atom. The molecule has 0 saturated carbocycles. The average molecular weight is 344 g/mol. The topological polar surface area (TPSA) is 45.2 Å². The molecule has 1 saturated heterocycles. The summed E-state index contributed by atoms with van der Waals surface area (Å²) in [6, 6.07) is 11.6. The van der Waals surface area contributed by atoms with E-state index in [-0.39, 0.29) is 5.91 Å². The van der Waals surface area contributed by atoms with Crippen LogP contribution in [-0.2, 0) is 11.2 Å². The van der Waals surface area contributed by atoms with Gasteiger partial charge in [-0.2, -0.15) is 0 Å². The second-order valence-corrected chi connectivity index (χ2v) is 6.62. The van der Waals surface area contributed by atoms with Gasteiger partial charge in [0, 0.05) is 42.7 Å². The predicted molar refractivity (Wildman–Crippen MR) is 97.3 cm³/mol. The van der Waals surface area contributed by atoms with Crippen molar-refractivity contribution in [3.63, 3.8) is 0 Å². The molecule has 1 fully saturated rings. The highest BCUT2D eigenvalue weighted by Crippen LogP contribution is 2.22. The van der Waals surface area contributed by atoms with Gasteiger partial charge >= 0.3 is 0 Å². The Balaban J connectivity index is 1.42. The Hall–Kier alpha value is -2.07. The minimum atomic E-state index is 0.0414. The first-order valence-corrected chi connectivity index (χ1v) is 8.75. The van der Waals surface area contributed by atoms with Gasteiger partial charge in [0.2, 0.25) is 5.91 Å². The highest BCUT2D eigenvalue weighted by atomic mass is 35.5. The van der Waals surface area contributed by atoms with Gasteiger partial charge in [0.15, 0.2) is 0 Å². The Morgan fingerprint density at radius 2 is 1.88 bits per heavy atom. The molecule has 0 unspecified atom stereocenters. The van der Waals surface area contributed by atoms with Crippen molar-refractivity contribution >= 4 is 23.2 Å². The van der Waals surface area contributed by atoms with Crippen LogP contribution in [0.25, 0.3) is 0 Å². The van der Waals surface area contributed by atoms with Crippen LogP contribution in [0.1, 0.15) is 18.4 Å². The van der Waals surface area contributed by atoms with E-state index in [0.29, 0.717) is 17.4 Å². The number of rotatable bonds is 5. The number of amides is 1. The number of carbonyl (C=O) groups excluding carboxylic acids is 1. The summed E-state index contributed by atoms with van der Waals surface area (Å²) in [5.41, 5.74) is 2.11. The number of hydrogen-bond donors (Lipinski definition) is 1. The van der Waals surface area contributed by atoms with Crippen molar-refractivity contribution in [2.45, 2.75) is 19.3 Å². The van der Waals surface area contributed by atoms with E-state index in [1.807, 2.05) is 48.8 Å². The normalized spacial score (nSPS) is 15.3. The molecule has 1 N–H and O–H groups in total. The lowest BCUT2D eigenvalue weighted by atomic mass is 9.96. The average Bonchev–Trinajstić information content (AvgIpc) is 2.63. The molecule has 0 aliphatic carbocycles. The zero-order valence-electron chi connectivity index (χ0n) is 13.6. The summed E-state index contributed by atoms with van der Waals surface area (Å²) in [5.74, 6) is 0.581. The Morgan fingerprint density at radius 3 is 2.58 bits per heavy atom. The standard InChI is InChI=1S/C19H22ClN3O/c20-18-4-2-1-3-16(18)13-19(24)22-14-15-7-11-23(12-8-15)17-5-9-21-10-6-17/h1-6,9-10,15H,7-8,11-14H2,(H,22,24). The molecule has 1 amide bonds. The maximum atomic E-state index is 12.1. The summed E-state index contributed by atoms with van der Waals surface area (Å²) in [5, 5.41) is 3.71. The first kappa shape index (κ1) is 16.8. The fraction of sp³-hybridized carbons (Fsp3) is 0.368. The van der Waals surface area contributed by atoms with Crippen LogP contribution in [0.4, 0.5) is 5.69 Å². The van der Waals surface area contributed by atoms with Crippen molar-refractivity contribution in [2.75, 3.05) is 24.5 Å². The molecule has 1 aliphatic rings. The molecule has 0 spiro atoms. The summed E-state index contributed by atoms with van der Waals surface area (Å²) < 4.78 is 0. The Labute approximate surface area is 147 Å². The molecule has 1 aromatic carbocycles. The highest BCUT2D eigenvalue weighted by molar-refractivity contribution is 6.31. The molecule has 0 atom stereocenters. The number of aromatic nitrogens is 1. The molecule has 24 heavy (non-hydrogen) atoms. The lowest BCUT2D eigenvalue weighted by Gasteiger charge is -2.33. The summed E-state index contributed by atoms with van der Waals surface area (Å²) in [4.78, 5) is 18.5. The monoisotopic (exact) mass is 343 g/mol.